The fraction of sp³-hybridized carbons (Fsp3) is 0.293. The van der Waals surface area contributed by atoms with Crippen molar-refractivity contribution in [3.05, 3.63) is 131 Å². The normalized spacial score (nSPS) is 13.1. The van der Waals surface area contributed by atoms with E-state index in [4.69, 9.17) is 9.84 Å². The molecule has 0 saturated heterocycles. The van der Waals surface area contributed by atoms with E-state index < -0.39 is 17.7 Å². The monoisotopic (exact) mass is 746 g/mol. The van der Waals surface area contributed by atoms with Crippen molar-refractivity contribution in [3.63, 3.8) is 0 Å². The first-order valence-corrected chi connectivity index (χ1v) is 19.0. The number of nitrogens with one attached hydrogen (secondary N) is 2. The lowest BCUT2D eigenvalue weighted by Crippen LogP contribution is -2.26. The number of rotatable bonds is 15. The number of ether oxygens (including phenoxy) is 1. The number of aliphatic carboxylic acids is 1. The molecule has 274 valence electrons. The average molecular weight is 747 g/mol. The van der Waals surface area contributed by atoms with Gasteiger partial charge in [0.25, 0.3) is 5.91 Å². The smallest absolute Gasteiger partial charge is 0.408 e. The van der Waals surface area contributed by atoms with Gasteiger partial charge in [-0.05, 0) is 99.5 Å². The number of benzene rings is 4. The summed E-state index contributed by atoms with van der Waals surface area (Å²) in [5.41, 5.74) is 5.88. The Bertz CT molecular complexity index is 1810. The molecule has 2 unspecified atom stereocenters. The second kappa shape index (κ2) is 19.9. The van der Waals surface area contributed by atoms with Crippen LogP contribution in [0.1, 0.15) is 84.5 Å². The Morgan fingerprint density at radius 3 is 2.27 bits per heavy atom. The van der Waals surface area contributed by atoms with Crippen LogP contribution in [0.3, 0.4) is 0 Å². The van der Waals surface area contributed by atoms with Gasteiger partial charge < -0.3 is 20.5 Å². The van der Waals surface area contributed by atoms with Gasteiger partial charge in [-0.15, -0.1) is 11.8 Å². The molecule has 1 aliphatic rings. The van der Waals surface area contributed by atoms with Gasteiger partial charge in [0.15, 0.2) is 0 Å². The quantitative estimate of drug-likeness (QED) is 0.0827. The van der Waals surface area contributed by atoms with Crippen molar-refractivity contribution < 1.29 is 33.0 Å². The lowest BCUT2D eigenvalue weighted by atomic mass is 9.88. The van der Waals surface area contributed by atoms with E-state index in [1.807, 2.05) is 68.4 Å². The summed E-state index contributed by atoms with van der Waals surface area (Å²) >= 11 is 1.33. The number of halogens is 2. The number of carbonyl (C=O) groups excluding carboxylic acids is 2. The zero-order valence-corrected chi connectivity index (χ0v) is 31.3. The molecule has 0 heterocycles. The first kappa shape index (κ1) is 40.2. The van der Waals surface area contributed by atoms with Crippen LogP contribution in [0.4, 0.5) is 14.5 Å². The second-order valence-electron chi connectivity index (χ2n) is 12.0. The number of alkyl halides is 2. The number of allylic oxidation sites excluding steroid dienone is 2. The van der Waals surface area contributed by atoms with Crippen molar-refractivity contribution in [2.45, 2.75) is 74.8 Å². The van der Waals surface area contributed by atoms with E-state index >= 15 is 0 Å². The molecule has 0 fully saturated rings. The van der Waals surface area contributed by atoms with Gasteiger partial charge in [0.05, 0.1) is 17.2 Å². The number of hydrogen-bond acceptors (Lipinski definition) is 5. The summed E-state index contributed by atoms with van der Waals surface area (Å²) in [6.45, 7) is 4.02. The molecular formula is C41H45F2N2O5PS. The lowest BCUT2D eigenvalue weighted by Gasteiger charge is -2.20. The van der Waals surface area contributed by atoms with Gasteiger partial charge in [0, 0.05) is 23.5 Å². The van der Waals surface area contributed by atoms with Crippen LogP contribution >= 0.6 is 21.0 Å². The third-order valence-electron chi connectivity index (χ3n) is 8.27. The Labute approximate surface area is 310 Å². The third-order valence-corrected chi connectivity index (χ3v) is 9.49. The number of hydrogen-bond donors (Lipinski definition) is 3. The molecule has 1 aliphatic carbocycles. The van der Waals surface area contributed by atoms with Crippen LogP contribution in [0.5, 0.6) is 5.75 Å². The van der Waals surface area contributed by atoms with Crippen LogP contribution in [0.2, 0.25) is 0 Å². The van der Waals surface area contributed by atoms with Crippen LogP contribution in [-0.2, 0) is 21.8 Å². The van der Waals surface area contributed by atoms with Crippen molar-refractivity contribution in [1.29, 1.82) is 0 Å². The van der Waals surface area contributed by atoms with Crippen molar-refractivity contribution in [1.82, 2.24) is 5.32 Å². The summed E-state index contributed by atoms with van der Waals surface area (Å²) in [6, 6.07) is 29.1. The topological polar surface area (TPSA) is 105 Å². The fourth-order valence-corrected chi connectivity index (χ4v) is 6.80. The van der Waals surface area contributed by atoms with Crippen molar-refractivity contribution >= 4 is 50.0 Å². The predicted octanol–water partition coefficient (Wildman–Crippen LogP) is 9.94. The van der Waals surface area contributed by atoms with E-state index in [2.05, 4.69) is 16.7 Å². The molecule has 0 saturated carbocycles. The summed E-state index contributed by atoms with van der Waals surface area (Å²) in [4.78, 5) is 37.8. The number of carbonyl (C=O) groups is 3. The first-order valence-electron chi connectivity index (χ1n) is 17.4. The van der Waals surface area contributed by atoms with Crippen molar-refractivity contribution in [2.24, 2.45) is 0 Å². The molecule has 2 amide bonds. The third kappa shape index (κ3) is 12.6. The molecule has 0 bridgehead atoms. The summed E-state index contributed by atoms with van der Waals surface area (Å²) in [6.07, 6.45) is 6.83. The molecule has 0 aliphatic heterocycles. The fourth-order valence-electron chi connectivity index (χ4n) is 5.70. The molecule has 0 aromatic heterocycles. The molecule has 2 atom stereocenters. The van der Waals surface area contributed by atoms with Gasteiger partial charge in [-0.25, -0.2) is 0 Å². The lowest BCUT2D eigenvalue weighted by molar-refractivity contribution is -0.136. The van der Waals surface area contributed by atoms with Crippen molar-refractivity contribution in [3.8, 4) is 5.75 Å². The summed E-state index contributed by atoms with van der Waals surface area (Å²) in [5.74, 6) is -5.24. The zero-order valence-electron chi connectivity index (χ0n) is 29.4. The average Bonchev–Trinajstić information content (AvgIpc) is 3.15. The van der Waals surface area contributed by atoms with Crippen LogP contribution < -0.4 is 15.4 Å². The van der Waals surface area contributed by atoms with Crippen LogP contribution in [0.15, 0.2) is 108 Å². The van der Waals surface area contributed by atoms with Crippen LogP contribution in [0, 0.1) is 0 Å². The van der Waals surface area contributed by atoms with Crippen LogP contribution in [0.25, 0.3) is 5.57 Å². The maximum atomic E-state index is 14.1. The van der Waals surface area contributed by atoms with Gasteiger partial charge >= 0.3 is 11.8 Å². The maximum absolute atomic E-state index is 14.1. The van der Waals surface area contributed by atoms with E-state index in [0.717, 1.165) is 41.5 Å². The minimum absolute atomic E-state index is 0.000160. The van der Waals surface area contributed by atoms with E-state index in [-0.39, 0.29) is 30.5 Å². The molecule has 7 nitrogen and oxygen atoms in total. The van der Waals surface area contributed by atoms with E-state index in [9.17, 15) is 23.2 Å². The molecule has 11 heteroatoms. The summed E-state index contributed by atoms with van der Waals surface area (Å²) in [5, 5.41) is 14.4. The van der Waals surface area contributed by atoms with Gasteiger partial charge in [-0.1, -0.05) is 86.7 Å². The van der Waals surface area contributed by atoms with Crippen LogP contribution in [-0.4, -0.2) is 35.3 Å². The molecule has 3 N–H and O–H groups in total. The predicted molar refractivity (Wildman–Crippen MR) is 208 cm³/mol. The van der Waals surface area contributed by atoms with E-state index in [0.29, 0.717) is 28.3 Å². The number of thioether (sulfide) groups is 1. The van der Waals surface area contributed by atoms with E-state index in [1.54, 1.807) is 36.4 Å². The highest BCUT2D eigenvalue weighted by molar-refractivity contribution is 7.98. The number of carboxylic acids is 1. The minimum atomic E-state index is -3.47. The number of anilines is 1. The largest absolute Gasteiger partial charge is 0.481 e. The standard InChI is InChI=1S/C39H39F2N2O5PS.C2H6/c40-39(41,49)48-34-20-19-32(24-35(34)50-25-27-7-3-1-4-8-27)43-38(47)33(30-17-15-29(16-18-30)28-9-5-2-6-10-28)23-26-11-13-31(14-12-26)37(46)42-22-21-36(44)45;1-2/h1,3-4,7-9,11-20,24,33H,2,5-6,10,21-23,25,49H2,(H,42,46)(H,43,47)(H,44,45);1-2H3. The van der Waals surface area contributed by atoms with Crippen molar-refractivity contribution in [2.75, 3.05) is 11.9 Å². The second-order valence-corrected chi connectivity index (χ2v) is 13.7. The van der Waals surface area contributed by atoms with Gasteiger partial charge in [-0.2, -0.15) is 8.78 Å². The highest BCUT2D eigenvalue weighted by atomic mass is 32.2. The first-order chi connectivity index (χ1) is 25.0. The van der Waals surface area contributed by atoms with Gasteiger partial charge in [0.1, 0.15) is 5.75 Å². The SMILES string of the molecule is CC.O=C(O)CCNC(=O)c1ccc(CC(C(=O)Nc2ccc(OC(F)(F)P)c(SCc3ccccc3)c2)c2ccc(C3=CCCCC3)cc2)cc1. The highest BCUT2D eigenvalue weighted by Crippen LogP contribution is 2.38. The molecular weight excluding hydrogens is 701 g/mol. The molecule has 0 spiro atoms. The number of amides is 2. The molecule has 0 radical (unpaired) electrons. The Hall–Kier alpha value is -4.53. The molecule has 5 rings (SSSR count). The van der Waals surface area contributed by atoms with E-state index in [1.165, 1.54) is 39.1 Å². The zero-order chi connectivity index (χ0) is 37.5. The minimum Gasteiger partial charge on any atom is -0.481 e. The molecule has 4 aromatic rings. The Morgan fingerprint density at radius 1 is 0.923 bits per heavy atom. The maximum Gasteiger partial charge on any atom is 0.408 e. The van der Waals surface area contributed by atoms with Gasteiger partial charge in [0.2, 0.25) is 5.91 Å². The molecule has 52 heavy (non-hydrogen) atoms. The Balaban J connectivity index is 0.00000297. The molecule has 4 aromatic carbocycles. The summed E-state index contributed by atoms with van der Waals surface area (Å²) in [7, 11) is 1.39. The van der Waals surface area contributed by atoms with Gasteiger partial charge in [-0.3, -0.25) is 14.4 Å². The Morgan fingerprint density at radius 2 is 1.63 bits per heavy atom. The summed E-state index contributed by atoms with van der Waals surface area (Å²) < 4.78 is 32.7. The highest BCUT2D eigenvalue weighted by Gasteiger charge is 2.26. The number of carboxylic acid groups (broad SMARTS) is 1. The Kier molecular flexibility index (Phi) is 15.4.